The van der Waals surface area contributed by atoms with Crippen LogP contribution in [0.4, 0.5) is 0 Å². The molecule has 3 rings (SSSR count). The molecule has 8 heteroatoms. The minimum atomic E-state index is -3.79. The number of halogens is 1. The van der Waals surface area contributed by atoms with E-state index < -0.39 is 28.6 Å². The molecule has 1 fully saturated rings. The lowest BCUT2D eigenvalue weighted by Crippen LogP contribution is -2.41. The number of esters is 1. The summed E-state index contributed by atoms with van der Waals surface area (Å²) < 4.78 is 32.7. The van der Waals surface area contributed by atoms with E-state index in [2.05, 4.69) is 15.9 Å². The average molecular weight is 452 g/mol. The van der Waals surface area contributed by atoms with Crippen LogP contribution in [-0.4, -0.2) is 43.7 Å². The molecular formula is C19H18BrNO5S. The van der Waals surface area contributed by atoms with Gasteiger partial charge in [-0.3, -0.25) is 9.59 Å². The zero-order chi connectivity index (χ0) is 19.4. The topological polar surface area (TPSA) is 80.8 Å². The van der Waals surface area contributed by atoms with Crippen LogP contribution in [0.3, 0.4) is 0 Å². The maximum atomic E-state index is 12.8. The number of carbonyl (C=O) groups excluding carboxylic acids is 2. The summed E-state index contributed by atoms with van der Waals surface area (Å²) in [5, 5.41) is 0. The van der Waals surface area contributed by atoms with E-state index in [1.165, 1.54) is 12.1 Å². The second-order valence-electron chi connectivity index (χ2n) is 6.12. The largest absolute Gasteiger partial charge is 0.456 e. The Morgan fingerprint density at radius 3 is 2.41 bits per heavy atom. The number of benzene rings is 2. The van der Waals surface area contributed by atoms with Gasteiger partial charge >= 0.3 is 5.97 Å². The predicted molar refractivity (Wildman–Crippen MR) is 103 cm³/mol. The van der Waals surface area contributed by atoms with Crippen LogP contribution in [0.2, 0.25) is 0 Å². The fraction of sp³-hybridized carbons (Fsp3) is 0.263. The highest BCUT2D eigenvalue weighted by molar-refractivity contribution is 9.10. The molecule has 0 saturated carbocycles. The summed E-state index contributed by atoms with van der Waals surface area (Å²) in [7, 11) is -3.79. The molecule has 0 radical (unpaired) electrons. The maximum Gasteiger partial charge on any atom is 0.324 e. The molecule has 6 nitrogen and oxygen atoms in total. The fourth-order valence-electron chi connectivity index (χ4n) is 2.94. The van der Waals surface area contributed by atoms with Crippen molar-refractivity contribution in [1.82, 2.24) is 4.31 Å². The van der Waals surface area contributed by atoms with E-state index in [1.54, 1.807) is 42.5 Å². The van der Waals surface area contributed by atoms with Gasteiger partial charge in [-0.1, -0.05) is 46.3 Å². The number of hydrogen-bond acceptors (Lipinski definition) is 5. The number of ether oxygens (including phenoxy) is 1. The Labute approximate surface area is 166 Å². The van der Waals surface area contributed by atoms with Gasteiger partial charge in [0.15, 0.2) is 12.4 Å². The number of ketones is 1. The summed E-state index contributed by atoms with van der Waals surface area (Å²) in [6.45, 7) is -0.173. The van der Waals surface area contributed by atoms with Gasteiger partial charge in [0.05, 0.1) is 4.90 Å². The molecule has 1 aliphatic heterocycles. The lowest BCUT2D eigenvalue weighted by Gasteiger charge is -2.22. The summed E-state index contributed by atoms with van der Waals surface area (Å²) in [6, 6.07) is 13.8. The summed E-state index contributed by atoms with van der Waals surface area (Å²) in [6.07, 6.45) is 0.934. The van der Waals surface area contributed by atoms with Crippen LogP contribution in [0.1, 0.15) is 23.2 Å². The third kappa shape index (κ3) is 4.45. The second-order valence-corrected chi connectivity index (χ2v) is 8.93. The van der Waals surface area contributed by atoms with Crippen molar-refractivity contribution in [2.24, 2.45) is 0 Å². The highest BCUT2D eigenvalue weighted by Gasteiger charge is 2.40. The van der Waals surface area contributed by atoms with Gasteiger partial charge in [0, 0.05) is 16.6 Å². The van der Waals surface area contributed by atoms with Gasteiger partial charge in [0.25, 0.3) is 0 Å². The molecule has 27 heavy (non-hydrogen) atoms. The van der Waals surface area contributed by atoms with Crippen LogP contribution >= 0.6 is 15.9 Å². The number of nitrogens with zero attached hydrogens (tertiary/aromatic N) is 1. The van der Waals surface area contributed by atoms with Gasteiger partial charge in [-0.15, -0.1) is 0 Å². The lowest BCUT2D eigenvalue weighted by atomic mass is 10.1. The van der Waals surface area contributed by atoms with E-state index in [4.69, 9.17) is 4.74 Å². The van der Waals surface area contributed by atoms with E-state index in [-0.39, 0.29) is 17.2 Å². The molecular weight excluding hydrogens is 434 g/mol. The summed E-state index contributed by atoms with van der Waals surface area (Å²) in [5.74, 6) is -1.04. The molecule has 142 valence electrons. The molecule has 0 aromatic heterocycles. The van der Waals surface area contributed by atoms with Gasteiger partial charge in [-0.2, -0.15) is 4.31 Å². The third-order valence-corrected chi connectivity index (χ3v) is 6.79. The molecule has 1 atom stereocenters. The van der Waals surface area contributed by atoms with Gasteiger partial charge < -0.3 is 4.74 Å². The maximum absolute atomic E-state index is 12.8. The first-order valence-corrected chi connectivity index (χ1v) is 10.7. The molecule has 0 aliphatic carbocycles. The summed E-state index contributed by atoms with van der Waals surface area (Å²) >= 11 is 3.29. The first kappa shape index (κ1) is 19.7. The smallest absolute Gasteiger partial charge is 0.324 e. The first-order chi connectivity index (χ1) is 12.9. The molecule has 1 saturated heterocycles. The van der Waals surface area contributed by atoms with Crippen molar-refractivity contribution in [2.45, 2.75) is 23.8 Å². The van der Waals surface area contributed by atoms with Crippen molar-refractivity contribution < 1.29 is 22.7 Å². The van der Waals surface area contributed by atoms with Crippen LogP contribution in [0, 0.1) is 0 Å². The summed E-state index contributed by atoms with van der Waals surface area (Å²) in [4.78, 5) is 24.7. The Balaban J connectivity index is 1.67. The van der Waals surface area contributed by atoms with Crippen molar-refractivity contribution in [3.8, 4) is 0 Å². The molecule has 2 aromatic carbocycles. The number of sulfonamides is 1. The molecule has 0 bridgehead atoms. The van der Waals surface area contributed by atoms with Crippen molar-refractivity contribution in [3.63, 3.8) is 0 Å². The SMILES string of the molecule is O=C(COC(=O)C1CCCN1S(=O)(=O)c1ccccc1)c1ccc(Br)cc1. The van der Waals surface area contributed by atoms with E-state index in [0.29, 0.717) is 18.4 Å². The van der Waals surface area contributed by atoms with Crippen molar-refractivity contribution in [3.05, 3.63) is 64.6 Å². The van der Waals surface area contributed by atoms with Crippen molar-refractivity contribution in [2.75, 3.05) is 13.2 Å². The minimum Gasteiger partial charge on any atom is -0.456 e. The van der Waals surface area contributed by atoms with Crippen molar-refractivity contribution in [1.29, 1.82) is 0 Å². The number of carbonyl (C=O) groups is 2. The van der Waals surface area contributed by atoms with Crippen LogP contribution in [0.5, 0.6) is 0 Å². The van der Waals surface area contributed by atoms with Gasteiger partial charge in [-0.05, 0) is 37.1 Å². The predicted octanol–water partition coefficient (Wildman–Crippen LogP) is 3.03. The number of rotatable bonds is 6. The van der Waals surface area contributed by atoms with Crippen LogP contribution in [0.15, 0.2) is 64.0 Å². The lowest BCUT2D eigenvalue weighted by molar-refractivity contribution is -0.146. The molecule has 1 heterocycles. The Morgan fingerprint density at radius 1 is 1.07 bits per heavy atom. The van der Waals surface area contributed by atoms with Crippen LogP contribution < -0.4 is 0 Å². The quantitative estimate of drug-likeness (QED) is 0.497. The van der Waals surface area contributed by atoms with E-state index >= 15 is 0 Å². The standard InChI is InChI=1S/C19H18BrNO5S/c20-15-10-8-14(9-11-15)18(22)13-26-19(23)17-7-4-12-21(17)27(24,25)16-5-2-1-3-6-16/h1-3,5-6,8-11,17H,4,7,12-13H2. The highest BCUT2D eigenvalue weighted by atomic mass is 79.9. The monoisotopic (exact) mass is 451 g/mol. The van der Waals surface area contributed by atoms with Gasteiger partial charge in [-0.25, -0.2) is 8.42 Å². The van der Waals surface area contributed by atoms with Gasteiger partial charge in [0.1, 0.15) is 6.04 Å². The molecule has 1 aliphatic rings. The Hall–Kier alpha value is -2.03. The van der Waals surface area contributed by atoms with E-state index in [9.17, 15) is 18.0 Å². The molecule has 1 unspecified atom stereocenters. The second kappa shape index (κ2) is 8.33. The molecule has 0 N–H and O–H groups in total. The zero-order valence-corrected chi connectivity index (χ0v) is 16.8. The Kier molecular flexibility index (Phi) is 6.08. The van der Waals surface area contributed by atoms with Crippen molar-refractivity contribution >= 4 is 37.7 Å². The van der Waals surface area contributed by atoms with Crippen LogP contribution in [0.25, 0.3) is 0 Å². The average Bonchev–Trinajstić information content (AvgIpc) is 3.18. The van der Waals surface area contributed by atoms with E-state index in [1.807, 2.05) is 0 Å². The summed E-state index contributed by atoms with van der Waals surface area (Å²) in [5.41, 5.74) is 0.422. The van der Waals surface area contributed by atoms with E-state index in [0.717, 1.165) is 8.78 Å². The Morgan fingerprint density at radius 2 is 1.74 bits per heavy atom. The normalized spacial score (nSPS) is 17.6. The Bertz CT molecular complexity index is 928. The minimum absolute atomic E-state index is 0.135. The zero-order valence-electron chi connectivity index (χ0n) is 14.4. The first-order valence-electron chi connectivity index (χ1n) is 8.42. The highest BCUT2D eigenvalue weighted by Crippen LogP contribution is 2.26. The number of Topliss-reactive ketones (excluding diaryl/α,β-unsaturated/α-hetero) is 1. The van der Waals surface area contributed by atoms with Crippen LogP contribution in [-0.2, 0) is 19.6 Å². The molecule has 0 amide bonds. The molecule has 2 aromatic rings. The fourth-order valence-corrected chi connectivity index (χ4v) is 4.88. The third-order valence-electron chi connectivity index (χ3n) is 4.34. The number of hydrogen-bond donors (Lipinski definition) is 0. The molecule has 0 spiro atoms. The van der Waals surface area contributed by atoms with Gasteiger partial charge in [0.2, 0.25) is 10.0 Å².